The second kappa shape index (κ2) is 8.01. The summed E-state index contributed by atoms with van der Waals surface area (Å²) in [6.07, 6.45) is 4.98. The fourth-order valence-corrected chi connectivity index (χ4v) is 1.99. The summed E-state index contributed by atoms with van der Waals surface area (Å²) in [7, 11) is 1.67. The first-order valence-corrected chi connectivity index (χ1v) is 6.17. The van der Waals surface area contributed by atoms with Gasteiger partial charge in [0.2, 0.25) is 0 Å². The number of methoxy groups -OCH3 is 1. The molecule has 96 valence electrons. The zero-order valence-electron chi connectivity index (χ0n) is 10.4. The minimum Gasteiger partial charge on any atom is -0.382 e. The predicted molar refractivity (Wildman–Crippen MR) is 63.5 cm³/mol. The molecule has 1 fully saturated rings. The second-order valence-electron chi connectivity index (χ2n) is 4.53. The van der Waals surface area contributed by atoms with Gasteiger partial charge in [-0.25, -0.2) is 0 Å². The first-order valence-electron chi connectivity index (χ1n) is 6.17. The van der Waals surface area contributed by atoms with Crippen LogP contribution in [0.15, 0.2) is 0 Å². The summed E-state index contributed by atoms with van der Waals surface area (Å²) < 4.78 is 15.7. The SMILES string of the molecule is COCCOCCOCCC1(CN)CCC1. The van der Waals surface area contributed by atoms with Gasteiger partial charge in [0.25, 0.3) is 0 Å². The monoisotopic (exact) mass is 231 g/mol. The first kappa shape index (κ1) is 13.9. The minimum absolute atomic E-state index is 0.400. The van der Waals surface area contributed by atoms with Gasteiger partial charge < -0.3 is 19.9 Å². The Morgan fingerprint density at radius 1 is 1.00 bits per heavy atom. The van der Waals surface area contributed by atoms with Crippen LogP contribution < -0.4 is 5.73 Å². The fourth-order valence-electron chi connectivity index (χ4n) is 1.99. The molecule has 16 heavy (non-hydrogen) atoms. The lowest BCUT2D eigenvalue weighted by atomic mass is 9.67. The number of hydrogen-bond donors (Lipinski definition) is 1. The fraction of sp³-hybridized carbons (Fsp3) is 1.00. The van der Waals surface area contributed by atoms with Crippen LogP contribution in [0, 0.1) is 5.41 Å². The summed E-state index contributed by atoms with van der Waals surface area (Å²) in [5.74, 6) is 0. The van der Waals surface area contributed by atoms with E-state index in [-0.39, 0.29) is 0 Å². The Balaban J connectivity index is 1.84. The van der Waals surface area contributed by atoms with Crippen LogP contribution in [0.5, 0.6) is 0 Å². The number of hydrogen-bond acceptors (Lipinski definition) is 4. The van der Waals surface area contributed by atoms with Crippen molar-refractivity contribution >= 4 is 0 Å². The third-order valence-electron chi connectivity index (χ3n) is 3.43. The van der Waals surface area contributed by atoms with E-state index in [9.17, 15) is 0 Å². The van der Waals surface area contributed by atoms with Crippen LogP contribution >= 0.6 is 0 Å². The van der Waals surface area contributed by atoms with Crippen molar-refractivity contribution in [3.05, 3.63) is 0 Å². The van der Waals surface area contributed by atoms with Gasteiger partial charge in [-0.15, -0.1) is 0 Å². The molecule has 0 aromatic rings. The zero-order chi connectivity index (χ0) is 11.7. The number of ether oxygens (including phenoxy) is 3. The molecule has 2 N–H and O–H groups in total. The number of rotatable bonds is 10. The quantitative estimate of drug-likeness (QED) is 0.574. The maximum atomic E-state index is 5.77. The minimum atomic E-state index is 0.400. The average Bonchev–Trinajstić information content (AvgIpc) is 2.25. The van der Waals surface area contributed by atoms with Crippen LogP contribution in [0.25, 0.3) is 0 Å². The van der Waals surface area contributed by atoms with Crippen LogP contribution in [-0.4, -0.2) is 46.7 Å². The topological polar surface area (TPSA) is 53.7 Å². The second-order valence-corrected chi connectivity index (χ2v) is 4.53. The highest BCUT2D eigenvalue weighted by molar-refractivity contribution is 4.88. The Kier molecular flexibility index (Phi) is 6.96. The lowest BCUT2D eigenvalue weighted by Crippen LogP contribution is -2.38. The summed E-state index contributed by atoms with van der Waals surface area (Å²) >= 11 is 0. The maximum Gasteiger partial charge on any atom is 0.0701 e. The lowest BCUT2D eigenvalue weighted by molar-refractivity contribution is 0.00770. The highest BCUT2D eigenvalue weighted by Gasteiger charge is 2.34. The van der Waals surface area contributed by atoms with Gasteiger partial charge in [0.15, 0.2) is 0 Å². The third kappa shape index (κ3) is 4.78. The van der Waals surface area contributed by atoms with E-state index in [1.54, 1.807) is 7.11 Å². The number of nitrogens with two attached hydrogens (primary N) is 1. The largest absolute Gasteiger partial charge is 0.382 e. The molecule has 0 atom stereocenters. The highest BCUT2D eigenvalue weighted by Crippen LogP contribution is 2.42. The van der Waals surface area contributed by atoms with E-state index in [0.29, 0.717) is 31.8 Å². The highest BCUT2D eigenvalue weighted by atomic mass is 16.5. The van der Waals surface area contributed by atoms with Gasteiger partial charge in [0, 0.05) is 13.7 Å². The van der Waals surface area contributed by atoms with E-state index in [4.69, 9.17) is 19.9 Å². The third-order valence-corrected chi connectivity index (χ3v) is 3.43. The van der Waals surface area contributed by atoms with Gasteiger partial charge >= 0.3 is 0 Å². The average molecular weight is 231 g/mol. The molecule has 0 amide bonds. The Hall–Kier alpha value is -0.160. The van der Waals surface area contributed by atoms with Crippen LogP contribution in [0.4, 0.5) is 0 Å². The van der Waals surface area contributed by atoms with Crippen molar-refractivity contribution < 1.29 is 14.2 Å². The summed E-state index contributed by atoms with van der Waals surface area (Å²) in [6, 6.07) is 0. The Morgan fingerprint density at radius 3 is 2.12 bits per heavy atom. The lowest BCUT2D eigenvalue weighted by Gasteiger charge is -2.41. The van der Waals surface area contributed by atoms with Gasteiger partial charge in [-0.05, 0) is 31.2 Å². The molecule has 0 heterocycles. The molecule has 0 aromatic carbocycles. The van der Waals surface area contributed by atoms with Crippen LogP contribution in [0.3, 0.4) is 0 Å². The molecule has 1 aliphatic carbocycles. The zero-order valence-corrected chi connectivity index (χ0v) is 10.4. The summed E-state index contributed by atoms with van der Waals surface area (Å²) in [5, 5.41) is 0. The van der Waals surface area contributed by atoms with E-state index in [2.05, 4.69) is 0 Å². The molecule has 0 aliphatic heterocycles. The van der Waals surface area contributed by atoms with E-state index in [0.717, 1.165) is 19.6 Å². The Morgan fingerprint density at radius 2 is 1.62 bits per heavy atom. The van der Waals surface area contributed by atoms with Gasteiger partial charge in [-0.2, -0.15) is 0 Å². The molecule has 0 unspecified atom stereocenters. The standard InChI is InChI=1S/C12H25NO3/c1-14-7-8-16-10-9-15-6-5-12(11-13)3-2-4-12/h2-11,13H2,1H3. The van der Waals surface area contributed by atoms with E-state index < -0.39 is 0 Å². The molecule has 0 aromatic heterocycles. The molecule has 1 saturated carbocycles. The Labute approximate surface area is 98.4 Å². The van der Waals surface area contributed by atoms with Gasteiger partial charge in [-0.3, -0.25) is 0 Å². The van der Waals surface area contributed by atoms with Crippen LogP contribution in [-0.2, 0) is 14.2 Å². The molecule has 0 spiro atoms. The predicted octanol–water partition coefficient (Wildman–Crippen LogP) is 1.19. The molecule has 1 aliphatic rings. The summed E-state index contributed by atoms with van der Waals surface area (Å²) in [6.45, 7) is 4.23. The van der Waals surface area contributed by atoms with Gasteiger partial charge in [0.1, 0.15) is 0 Å². The molecule has 0 saturated heterocycles. The van der Waals surface area contributed by atoms with E-state index in [1.807, 2.05) is 0 Å². The molecule has 4 nitrogen and oxygen atoms in total. The van der Waals surface area contributed by atoms with Crippen LogP contribution in [0.2, 0.25) is 0 Å². The normalized spacial score (nSPS) is 18.4. The maximum absolute atomic E-state index is 5.77. The van der Waals surface area contributed by atoms with Crippen molar-refractivity contribution in [1.29, 1.82) is 0 Å². The van der Waals surface area contributed by atoms with Crippen molar-refractivity contribution in [3.8, 4) is 0 Å². The van der Waals surface area contributed by atoms with Gasteiger partial charge in [0.05, 0.1) is 26.4 Å². The van der Waals surface area contributed by atoms with Crippen molar-refractivity contribution in [2.45, 2.75) is 25.7 Å². The molecule has 0 radical (unpaired) electrons. The first-order chi connectivity index (χ1) is 7.83. The van der Waals surface area contributed by atoms with E-state index in [1.165, 1.54) is 19.3 Å². The summed E-state index contributed by atoms with van der Waals surface area (Å²) in [4.78, 5) is 0. The molecule has 1 rings (SSSR count). The van der Waals surface area contributed by atoms with E-state index >= 15 is 0 Å². The molecular formula is C12H25NO3. The molecule has 0 bridgehead atoms. The molecular weight excluding hydrogens is 206 g/mol. The van der Waals surface area contributed by atoms with Crippen molar-refractivity contribution in [2.75, 3.05) is 46.7 Å². The molecule has 4 heteroatoms. The van der Waals surface area contributed by atoms with Gasteiger partial charge in [-0.1, -0.05) is 6.42 Å². The smallest absolute Gasteiger partial charge is 0.0701 e. The summed E-state index contributed by atoms with van der Waals surface area (Å²) in [5.41, 5.74) is 6.17. The van der Waals surface area contributed by atoms with Crippen molar-refractivity contribution in [2.24, 2.45) is 11.1 Å². The van der Waals surface area contributed by atoms with Crippen LogP contribution in [0.1, 0.15) is 25.7 Å². The van der Waals surface area contributed by atoms with Crippen molar-refractivity contribution in [1.82, 2.24) is 0 Å². The Bertz CT molecular complexity index is 166. The van der Waals surface area contributed by atoms with Crippen molar-refractivity contribution in [3.63, 3.8) is 0 Å².